The van der Waals surface area contributed by atoms with Gasteiger partial charge in [-0.1, -0.05) is 6.07 Å². The van der Waals surface area contributed by atoms with Gasteiger partial charge in [0.25, 0.3) is 0 Å². The van der Waals surface area contributed by atoms with Gasteiger partial charge in [-0.05, 0) is 17.7 Å². The molecule has 3 heteroatoms. The molecule has 13 heavy (non-hydrogen) atoms. The lowest BCUT2D eigenvalue weighted by molar-refractivity contribution is -0.594. The van der Waals surface area contributed by atoms with Gasteiger partial charge in [-0.2, -0.15) is 7.05 Å². The smallest absolute Gasteiger partial charge is 0.160 e. The third-order valence-electron chi connectivity index (χ3n) is 1.88. The lowest BCUT2D eigenvalue weighted by atomic mass is 10.1. The fourth-order valence-electron chi connectivity index (χ4n) is 1.16. The van der Waals surface area contributed by atoms with E-state index in [0.29, 0.717) is 5.75 Å². The Kier molecular flexibility index (Phi) is 3.58. The topological polar surface area (TPSA) is 46.1 Å². The fraction of sp³-hybridized carbons (Fsp3) is 0.300. The molecule has 1 aromatic rings. The van der Waals surface area contributed by atoms with Crippen LogP contribution < -0.4 is 10.1 Å². The molecule has 0 atom stereocenters. The minimum Gasteiger partial charge on any atom is -0.504 e. The molecular formula is C10H15NO2. The van der Waals surface area contributed by atoms with Crippen LogP contribution >= 0.6 is 0 Å². The van der Waals surface area contributed by atoms with Gasteiger partial charge in [0.05, 0.1) is 13.7 Å². The average molecular weight is 181 g/mol. The summed E-state index contributed by atoms with van der Waals surface area (Å²) < 4.78 is 4.93. The van der Waals surface area contributed by atoms with Crippen molar-refractivity contribution < 1.29 is 15.2 Å². The minimum atomic E-state index is 0.198. The van der Waals surface area contributed by atoms with Crippen LogP contribution in [-0.4, -0.2) is 18.8 Å². The molecule has 1 rings (SSSR count). The van der Waals surface area contributed by atoms with Gasteiger partial charge in [0.1, 0.15) is 0 Å². The summed E-state index contributed by atoms with van der Waals surface area (Å²) in [5, 5.41) is 11.3. The number of quaternary nitrogens is 1. The molecule has 3 N–H and O–H groups in total. The van der Waals surface area contributed by atoms with Gasteiger partial charge in [0.2, 0.25) is 0 Å². The molecule has 1 aromatic carbocycles. The summed E-state index contributed by atoms with van der Waals surface area (Å²) >= 11 is 0. The van der Waals surface area contributed by atoms with Crippen LogP contribution in [-0.2, 0) is 6.42 Å². The number of nitrogens with two attached hydrogens (primary N) is 1. The van der Waals surface area contributed by atoms with Gasteiger partial charge in [0, 0.05) is 6.42 Å². The van der Waals surface area contributed by atoms with E-state index in [0.717, 1.165) is 18.5 Å². The molecule has 0 aromatic heterocycles. The van der Waals surface area contributed by atoms with Crippen LogP contribution in [0.3, 0.4) is 0 Å². The summed E-state index contributed by atoms with van der Waals surface area (Å²) in [6.07, 6.45) is 0.904. The average Bonchev–Trinajstić information content (AvgIpc) is 2.15. The molecule has 0 heterocycles. The Morgan fingerprint density at radius 3 is 2.85 bits per heavy atom. The van der Waals surface area contributed by atoms with Gasteiger partial charge in [-0.3, -0.25) is 0 Å². The van der Waals surface area contributed by atoms with Crippen LogP contribution in [0.5, 0.6) is 11.5 Å². The first kappa shape index (κ1) is 9.86. The molecule has 0 saturated carbocycles. The van der Waals surface area contributed by atoms with E-state index in [9.17, 15) is 5.11 Å². The molecule has 0 aliphatic rings. The van der Waals surface area contributed by atoms with E-state index in [-0.39, 0.29) is 5.75 Å². The number of phenols is 1. The third-order valence-corrected chi connectivity index (χ3v) is 1.88. The van der Waals surface area contributed by atoms with Gasteiger partial charge in [0.15, 0.2) is 11.5 Å². The molecule has 0 spiro atoms. The van der Waals surface area contributed by atoms with Crippen molar-refractivity contribution in [3.05, 3.63) is 30.8 Å². The Bertz CT molecular complexity index is 274. The Morgan fingerprint density at radius 2 is 2.31 bits per heavy atom. The van der Waals surface area contributed by atoms with Crippen LogP contribution in [0.25, 0.3) is 0 Å². The first-order valence-electron chi connectivity index (χ1n) is 4.24. The van der Waals surface area contributed by atoms with Crippen molar-refractivity contribution in [2.75, 3.05) is 13.7 Å². The summed E-state index contributed by atoms with van der Waals surface area (Å²) in [7, 11) is 5.18. The standard InChI is InChI=1S/C10H15NO2/c1-11-6-5-8-3-4-10(13-2)9(12)7-8/h3-4,7,12H,1,5-6,11H2,2H3. The lowest BCUT2D eigenvalue weighted by Crippen LogP contribution is -2.77. The summed E-state index contributed by atoms with van der Waals surface area (Å²) in [5.74, 6) is 0.714. The van der Waals surface area contributed by atoms with Crippen LogP contribution in [0.1, 0.15) is 5.56 Å². The zero-order valence-corrected chi connectivity index (χ0v) is 7.79. The molecule has 72 valence electrons. The van der Waals surface area contributed by atoms with Crippen LogP contribution in [0.15, 0.2) is 18.2 Å². The first-order chi connectivity index (χ1) is 6.27. The molecule has 0 radical (unpaired) electrons. The minimum absolute atomic E-state index is 0.198. The van der Waals surface area contributed by atoms with E-state index in [4.69, 9.17) is 4.74 Å². The van der Waals surface area contributed by atoms with E-state index in [1.807, 2.05) is 11.4 Å². The number of phenolic OH excluding ortho intramolecular Hbond substituents is 1. The number of benzene rings is 1. The SMILES string of the molecule is [CH2-][NH2+]CCc1ccc(OC)c(O)c1. The lowest BCUT2D eigenvalue weighted by Gasteiger charge is -2.05. The van der Waals surface area contributed by atoms with Gasteiger partial charge >= 0.3 is 0 Å². The Hall–Kier alpha value is -1.22. The van der Waals surface area contributed by atoms with Crippen LogP contribution in [0.2, 0.25) is 0 Å². The second kappa shape index (κ2) is 4.72. The largest absolute Gasteiger partial charge is 0.504 e. The number of hydrogen-bond donors (Lipinski definition) is 2. The quantitative estimate of drug-likeness (QED) is 0.656. The molecule has 0 unspecified atom stereocenters. The van der Waals surface area contributed by atoms with Crippen molar-refractivity contribution in [3.8, 4) is 11.5 Å². The summed E-state index contributed by atoms with van der Waals surface area (Å²) in [6, 6.07) is 5.44. The van der Waals surface area contributed by atoms with Gasteiger partial charge < -0.3 is 15.2 Å². The van der Waals surface area contributed by atoms with Crippen LogP contribution in [0.4, 0.5) is 0 Å². The predicted molar refractivity (Wildman–Crippen MR) is 50.5 cm³/mol. The maximum absolute atomic E-state index is 9.44. The zero-order chi connectivity index (χ0) is 9.68. The molecule has 0 aliphatic heterocycles. The molecular weight excluding hydrogens is 166 g/mol. The zero-order valence-electron chi connectivity index (χ0n) is 7.79. The van der Waals surface area contributed by atoms with Crippen molar-refractivity contribution in [1.29, 1.82) is 0 Å². The Labute approximate surface area is 78.3 Å². The van der Waals surface area contributed by atoms with Crippen molar-refractivity contribution in [2.24, 2.45) is 0 Å². The van der Waals surface area contributed by atoms with E-state index >= 15 is 0 Å². The number of aromatic hydroxyl groups is 1. The summed E-state index contributed by atoms with van der Waals surface area (Å²) in [4.78, 5) is 0. The number of ether oxygens (including phenoxy) is 1. The molecule has 0 fully saturated rings. The number of rotatable bonds is 4. The highest BCUT2D eigenvalue weighted by atomic mass is 16.5. The van der Waals surface area contributed by atoms with Crippen LogP contribution in [0, 0.1) is 7.05 Å². The van der Waals surface area contributed by atoms with Crippen molar-refractivity contribution in [1.82, 2.24) is 0 Å². The van der Waals surface area contributed by atoms with Gasteiger partial charge in [-0.25, -0.2) is 0 Å². The molecule has 0 amide bonds. The molecule has 3 nitrogen and oxygen atoms in total. The summed E-state index contributed by atoms with van der Waals surface area (Å²) in [6.45, 7) is 0.922. The maximum Gasteiger partial charge on any atom is 0.160 e. The van der Waals surface area contributed by atoms with E-state index < -0.39 is 0 Å². The number of hydrogen-bond acceptors (Lipinski definition) is 2. The highest BCUT2D eigenvalue weighted by molar-refractivity contribution is 5.41. The first-order valence-corrected chi connectivity index (χ1v) is 4.24. The Balaban J connectivity index is 2.71. The predicted octanol–water partition coefficient (Wildman–Crippen LogP) is 0.298. The van der Waals surface area contributed by atoms with E-state index in [1.165, 1.54) is 0 Å². The molecule has 0 bridgehead atoms. The van der Waals surface area contributed by atoms with Crippen molar-refractivity contribution >= 4 is 0 Å². The second-order valence-corrected chi connectivity index (χ2v) is 2.83. The van der Waals surface area contributed by atoms with E-state index in [1.54, 1.807) is 19.2 Å². The summed E-state index contributed by atoms with van der Waals surface area (Å²) in [5.41, 5.74) is 1.10. The van der Waals surface area contributed by atoms with Crippen molar-refractivity contribution in [2.45, 2.75) is 6.42 Å². The highest BCUT2D eigenvalue weighted by Crippen LogP contribution is 2.25. The highest BCUT2D eigenvalue weighted by Gasteiger charge is 2.01. The van der Waals surface area contributed by atoms with Crippen molar-refractivity contribution in [3.63, 3.8) is 0 Å². The monoisotopic (exact) mass is 181 g/mol. The third kappa shape index (κ3) is 2.63. The Morgan fingerprint density at radius 1 is 1.54 bits per heavy atom. The maximum atomic E-state index is 9.44. The fourth-order valence-corrected chi connectivity index (χ4v) is 1.16. The van der Waals surface area contributed by atoms with Gasteiger partial charge in [-0.15, -0.1) is 0 Å². The van der Waals surface area contributed by atoms with E-state index in [2.05, 4.69) is 7.05 Å². The normalized spacial score (nSPS) is 10.0. The molecule has 0 aliphatic carbocycles. The molecule has 0 saturated heterocycles. The second-order valence-electron chi connectivity index (χ2n) is 2.83. The number of methoxy groups -OCH3 is 1.